The molecule has 0 aliphatic rings. The van der Waals surface area contributed by atoms with E-state index in [9.17, 15) is 0 Å². The summed E-state index contributed by atoms with van der Waals surface area (Å²) >= 11 is 0. The largest absolute Gasteiger partial charge is 0.496 e. The molecule has 2 aromatic carbocycles. The summed E-state index contributed by atoms with van der Waals surface area (Å²) in [5, 5.41) is 0. The second-order valence-electron chi connectivity index (χ2n) is 8.86. The second kappa shape index (κ2) is 11.4. The van der Waals surface area contributed by atoms with E-state index in [1.165, 1.54) is 33.4 Å². The molecule has 3 nitrogen and oxygen atoms in total. The fraction of sp³-hybridized carbons (Fsp3) is 0.267. The van der Waals surface area contributed by atoms with Gasteiger partial charge in [0.15, 0.2) is 0 Å². The van der Waals surface area contributed by atoms with E-state index in [2.05, 4.69) is 83.6 Å². The third-order valence-corrected chi connectivity index (χ3v) is 6.13. The Morgan fingerprint density at radius 2 is 1.15 bits per heavy atom. The lowest BCUT2D eigenvalue weighted by molar-refractivity contribution is 0.410. The molecule has 0 saturated heterocycles. The Balaban J connectivity index is 1.38. The first-order chi connectivity index (χ1) is 16.2. The van der Waals surface area contributed by atoms with Crippen molar-refractivity contribution in [3.63, 3.8) is 0 Å². The third-order valence-electron chi connectivity index (χ3n) is 6.13. The topological polar surface area (TPSA) is 35.0 Å². The van der Waals surface area contributed by atoms with E-state index in [0.717, 1.165) is 37.9 Å². The molecule has 0 aliphatic carbocycles. The van der Waals surface area contributed by atoms with Gasteiger partial charge >= 0.3 is 0 Å². The molecule has 3 heteroatoms. The molecular weight excluding hydrogens is 404 g/mol. The predicted molar refractivity (Wildman–Crippen MR) is 135 cm³/mol. The molecule has 0 aliphatic heterocycles. The van der Waals surface area contributed by atoms with Crippen molar-refractivity contribution in [2.75, 3.05) is 7.11 Å². The molecule has 33 heavy (non-hydrogen) atoms. The average molecular weight is 437 g/mol. The highest BCUT2D eigenvalue weighted by Gasteiger charge is 2.09. The molecule has 0 radical (unpaired) electrons. The van der Waals surface area contributed by atoms with Gasteiger partial charge in [-0.15, -0.1) is 0 Å². The first-order valence-corrected chi connectivity index (χ1v) is 11.7. The van der Waals surface area contributed by atoms with Crippen molar-refractivity contribution in [3.8, 4) is 5.75 Å². The number of hydrogen-bond donors (Lipinski definition) is 0. The maximum Gasteiger partial charge on any atom is 0.122 e. The van der Waals surface area contributed by atoms with Crippen molar-refractivity contribution in [2.24, 2.45) is 5.92 Å². The van der Waals surface area contributed by atoms with Crippen LogP contribution < -0.4 is 4.74 Å². The van der Waals surface area contributed by atoms with Crippen LogP contribution >= 0.6 is 0 Å². The molecule has 1 unspecified atom stereocenters. The van der Waals surface area contributed by atoms with Crippen LogP contribution in [0.15, 0.2) is 91.5 Å². The molecule has 0 amide bonds. The van der Waals surface area contributed by atoms with Gasteiger partial charge in [0, 0.05) is 31.2 Å². The molecule has 0 saturated carbocycles. The maximum atomic E-state index is 5.66. The lowest BCUT2D eigenvalue weighted by Gasteiger charge is -2.13. The molecular formula is C30H32N2O. The van der Waals surface area contributed by atoms with E-state index >= 15 is 0 Å². The van der Waals surface area contributed by atoms with Crippen molar-refractivity contribution < 1.29 is 4.74 Å². The number of hydrogen-bond acceptors (Lipinski definition) is 3. The Kier molecular flexibility index (Phi) is 7.86. The normalized spacial score (nSPS) is 11.8. The SMILES string of the molecule is COc1ccc(CCc2ccncc2)cc1Cc1ccc(CC(C)Cc2ccncc2)cc1. The molecule has 0 bridgehead atoms. The van der Waals surface area contributed by atoms with E-state index in [1.54, 1.807) is 7.11 Å². The van der Waals surface area contributed by atoms with Crippen molar-refractivity contribution in [2.45, 2.75) is 39.0 Å². The van der Waals surface area contributed by atoms with Crippen LogP contribution in [0.4, 0.5) is 0 Å². The van der Waals surface area contributed by atoms with E-state index in [4.69, 9.17) is 4.74 Å². The van der Waals surface area contributed by atoms with Gasteiger partial charge in [0.05, 0.1) is 7.11 Å². The summed E-state index contributed by atoms with van der Waals surface area (Å²) in [4.78, 5) is 8.22. The second-order valence-corrected chi connectivity index (χ2v) is 8.86. The Labute approximate surface area is 197 Å². The Morgan fingerprint density at radius 3 is 1.79 bits per heavy atom. The van der Waals surface area contributed by atoms with Gasteiger partial charge < -0.3 is 4.74 Å². The zero-order chi connectivity index (χ0) is 22.9. The van der Waals surface area contributed by atoms with E-state index < -0.39 is 0 Å². The van der Waals surface area contributed by atoms with E-state index in [-0.39, 0.29) is 0 Å². The third kappa shape index (κ3) is 6.76. The number of aromatic nitrogens is 2. The minimum absolute atomic E-state index is 0.593. The Morgan fingerprint density at radius 1 is 0.636 bits per heavy atom. The summed E-state index contributed by atoms with van der Waals surface area (Å²) in [5.41, 5.74) is 7.94. The molecule has 4 rings (SSSR count). The van der Waals surface area contributed by atoms with E-state index in [0.29, 0.717) is 5.92 Å². The van der Waals surface area contributed by atoms with Crippen molar-refractivity contribution in [1.82, 2.24) is 9.97 Å². The van der Waals surface area contributed by atoms with Crippen LogP contribution in [-0.4, -0.2) is 17.1 Å². The van der Waals surface area contributed by atoms with Crippen LogP contribution in [0.25, 0.3) is 0 Å². The number of methoxy groups -OCH3 is 1. The smallest absolute Gasteiger partial charge is 0.122 e. The fourth-order valence-corrected chi connectivity index (χ4v) is 4.37. The number of ether oxygens (including phenoxy) is 1. The van der Waals surface area contributed by atoms with Crippen LogP contribution in [0.5, 0.6) is 5.75 Å². The summed E-state index contributed by atoms with van der Waals surface area (Å²) in [6, 6.07) is 24.0. The highest BCUT2D eigenvalue weighted by atomic mass is 16.5. The zero-order valence-corrected chi connectivity index (χ0v) is 19.6. The minimum Gasteiger partial charge on any atom is -0.496 e. The molecule has 0 fully saturated rings. The van der Waals surface area contributed by atoms with Crippen molar-refractivity contribution >= 4 is 0 Å². The van der Waals surface area contributed by atoms with Crippen LogP contribution in [0.3, 0.4) is 0 Å². The summed E-state index contributed by atoms with van der Waals surface area (Å²) in [7, 11) is 1.75. The Bertz CT molecular complexity index is 1130. The lowest BCUT2D eigenvalue weighted by atomic mass is 9.93. The van der Waals surface area contributed by atoms with Gasteiger partial charge in [0.25, 0.3) is 0 Å². The van der Waals surface area contributed by atoms with Gasteiger partial charge in [-0.3, -0.25) is 9.97 Å². The molecule has 0 N–H and O–H groups in total. The molecule has 168 valence electrons. The first kappa shape index (κ1) is 22.7. The number of rotatable bonds is 10. The molecule has 4 aromatic rings. The molecule has 1 atom stereocenters. The van der Waals surface area contributed by atoms with Gasteiger partial charge in [-0.2, -0.15) is 0 Å². The lowest BCUT2D eigenvalue weighted by Crippen LogP contribution is -2.04. The van der Waals surface area contributed by atoms with Gasteiger partial charge in [-0.1, -0.05) is 43.3 Å². The summed E-state index contributed by atoms with van der Waals surface area (Å²) < 4.78 is 5.66. The highest BCUT2D eigenvalue weighted by molar-refractivity contribution is 5.41. The zero-order valence-electron chi connectivity index (χ0n) is 19.6. The summed E-state index contributed by atoms with van der Waals surface area (Å²) in [5.74, 6) is 1.55. The number of aryl methyl sites for hydroxylation is 2. The number of pyridine rings is 2. The highest BCUT2D eigenvalue weighted by Crippen LogP contribution is 2.24. The van der Waals surface area contributed by atoms with Crippen LogP contribution in [0.1, 0.15) is 40.3 Å². The van der Waals surface area contributed by atoms with Crippen LogP contribution in [-0.2, 0) is 32.1 Å². The van der Waals surface area contributed by atoms with Gasteiger partial charge in [-0.25, -0.2) is 0 Å². The van der Waals surface area contributed by atoms with E-state index in [1.807, 2.05) is 24.8 Å². The van der Waals surface area contributed by atoms with Crippen LogP contribution in [0.2, 0.25) is 0 Å². The standard InChI is InChI=1S/C30H32N2O/c1-23(20-28-13-17-32-18-14-28)19-25-5-7-26(8-6-25)21-29-22-27(9-10-30(29)33-2)4-3-24-11-15-31-16-12-24/h5-18,22-23H,3-4,19-21H2,1-2H3. The fourth-order valence-electron chi connectivity index (χ4n) is 4.37. The maximum absolute atomic E-state index is 5.66. The van der Waals surface area contributed by atoms with Crippen molar-refractivity contribution in [3.05, 3.63) is 125 Å². The van der Waals surface area contributed by atoms with Crippen LogP contribution in [0, 0.1) is 5.92 Å². The quantitative estimate of drug-likeness (QED) is 0.293. The first-order valence-electron chi connectivity index (χ1n) is 11.7. The average Bonchev–Trinajstić information content (AvgIpc) is 2.85. The van der Waals surface area contributed by atoms with Gasteiger partial charge in [-0.05, 0) is 95.3 Å². The van der Waals surface area contributed by atoms with Gasteiger partial charge in [0.1, 0.15) is 5.75 Å². The van der Waals surface area contributed by atoms with Gasteiger partial charge in [0.2, 0.25) is 0 Å². The Hall–Kier alpha value is -3.46. The summed E-state index contributed by atoms with van der Waals surface area (Å²) in [6.45, 7) is 2.32. The molecule has 0 spiro atoms. The van der Waals surface area contributed by atoms with Crippen molar-refractivity contribution in [1.29, 1.82) is 0 Å². The number of nitrogens with zero attached hydrogens (tertiary/aromatic N) is 2. The molecule has 2 heterocycles. The number of benzene rings is 2. The predicted octanol–water partition coefficient (Wildman–Crippen LogP) is 6.28. The molecule has 2 aromatic heterocycles. The minimum atomic E-state index is 0.593. The summed E-state index contributed by atoms with van der Waals surface area (Å²) in [6.07, 6.45) is 12.5. The monoisotopic (exact) mass is 436 g/mol.